The maximum atomic E-state index is 5.29. The van der Waals surface area contributed by atoms with E-state index in [1.165, 1.54) is 0 Å². The topological polar surface area (TPSA) is 52.8 Å². The van der Waals surface area contributed by atoms with E-state index in [0.29, 0.717) is 5.88 Å². The normalized spacial score (nSPS) is 10.7. The van der Waals surface area contributed by atoms with Gasteiger partial charge in [0.2, 0.25) is 5.88 Å². The van der Waals surface area contributed by atoms with Gasteiger partial charge in [0.05, 0.1) is 12.8 Å². The zero-order chi connectivity index (χ0) is 13.3. The Morgan fingerprint density at radius 2 is 2.00 bits per heavy atom. The van der Waals surface area contributed by atoms with Gasteiger partial charge in [-0.15, -0.1) is 0 Å². The first-order valence-electron chi connectivity index (χ1n) is 5.99. The number of aryl methyl sites for hydroxylation is 4. The molecule has 5 heteroatoms. The molecule has 0 fully saturated rings. The lowest BCUT2D eigenvalue weighted by Gasteiger charge is -2.10. The van der Waals surface area contributed by atoms with Crippen molar-refractivity contribution < 1.29 is 4.74 Å². The summed E-state index contributed by atoms with van der Waals surface area (Å²) in [6, 6.07) is 2.09. The van der Waals surface area contributed by atoms with Gasteiger partial charge in [-0.25, -0.2) is 14.6 Å². The van der Waals surface area contributed by atoms with Gasteiger partial charge in [-0.2, -0.15) is 5.10 Å². The van der Waals surface area contributed by atoms with Crippen molar-refractivity contribution in [1.82, 2.24) is 19.7 Å². The van der Waals surface area contributed by atoms with Gasteiger partial charge >= 0.3 is 0 Å². The van der Waals surface area contributed by atoms with Crippen LogP contribution in [0.15, 0.2) is 6.07 Å². The van der Waals surface area contributed by atoms with Gasteiger partial charge in [-0.1, -0.05) is 6.92 Å². The molecule has 0 spiro atoms. The van der Waals surface area contributed by atoms with Crippen LogP contribution in [0.25, 0.3) is 11.4 Å². The van der Waals surface area contributed by atoms with Crippen LogP contribution in [-0.2, 0) is 13.5 Å². The number of pyridine rings is 1. The molecule has 96 valence electrons. The van der Waals surface area contributed by atoms with Crippen LogP contribution in [0.2, 0.25) is 0 Å². The summed E-state index contributed by atoms with van der Waals surface area (Å²) in [6.45, 7) is 5.93. The predicted octanol–water partition coefficient (Wildman–Crippen LogP) is 2.06. The third-order valence-corrected chi connectivity index (χ3v) is 2.94. The first-order chi connectivity index (χ1) is 8.56. The molecule has 0 N–H and O–H groups in total. The second-order valence-electron chi connectivity index (χ2n) is 4.25. The van der Waals surface area contributed by atoms with Crippen molar-refractivity contribution in [2.24, 2.45) is 7.05 Å². The number of ether oxygens (including phenoxy) is 1. The summed E-state index contributed by atoms with van der Waals surface area (Å²) < 4.78 is 7.07. The number of rotatable bonds is 3. The molecule has 0 aliphatic rings. The van der Waals surface area contributed by atoms with E-state index >= 15 is 0 Å². The van der Waals surface area contributed by atoms with Crippen molar-refractivity contribution in [3.8, 4) is 17.3 Å². The summed E-state index contributed by atoms with van der Waals surface area (Å²) in [7, 11) is 3.54. The summed E-state index contributed by atoms with van der Waals surface area (Å²) in [5.41, 5.74) is 2.99. The van der Waals surface area contributed by atoms with Gasteiger partial charge in [-0.3, -0.25) is 0 Å². The molecule has 0 amide bonds. The van der Waals surface area contributed by atoms with Crippen LogP contribution in [0.3, 0.4) is 0 Å². The lowest BCUT2D eigenvalue weighted by molar-refractivity contribution is 0.392. The minimum absolute atomic E-state index is 0.692. The molecule has 18 heavy (non-hydrogen) atoms. The van der Waals surface area contributed by atoms with Crippen molar-refractivity contribution in [1.29, 1.82) is 0 Å². The van der Waals surface area contributed by atoms with E-state index in [4.69, 9.17) is 4.74 Å². The van der Waals surface area contributed by atoms with Crippen molar-refractivity contribution in [2.75, 3.05) is 7.11 Å². The Hall–Kier alpha value is -1.91. The van der Waals surface area contributed by atoms with Crippen molar-refractivity contribution >= 4 is 0 Å². The quantitative estimate of drug-likeness (QED) is 0.832. The van der Waals surface area contributed by atoms with E-state index < -0.39 is 0 Å². The van der Waals surface area contributed by atoms with Crippen LogP contribution >= 0.6 is 0 Å². The van der Waals surface area contributed by atoms with Crippen LogP contribution in [0, 0.1) is 13.8 Å². The summed E-state index contributed by atoms with van der Waals surface area (Å²) in [5, 5.41) is 4.27. The van der Waals surface area contributed by atoms with E-state index in [-0.39, 0.29) is 0 Å². The highest BCUT2D eigenvalue weighted by atomic mass is 16.5. The molecule has 0 saturated heterocycles. The van der Waals surface area contributed by atoms with Crippen LogP contribution < -0.4 is 4.74 Å². The van der Waals surface area contributed by atoms with E-state index in [1.807, 2.05) is 20.9 Å². The molecule has 0 unspecified atom stereocenters. The van der Waals surface area contributed by atoms with Crippen molar-refractivity contribution in [3.05, 3.63) is 23.1 Å². The maximum Gasteiger partial charge on any atom is 0.216 e. The first-order valence-corrected chi connectivity index (χ1v) is 5.99. The summed E-state index contributed by atoms with van der Waals surface area (Å²) in [5.74, 6) is 2.30. The van der Waals surface area contributed by atoms with Gasteiger partial charge in [-0.05, 0) is 26.3 Å². The Labute approximate surface area is 107 Å². The molecule has 2 aromatic rings. The molecule has 2 aromatic heterocycles. The summed E-state index contributed by atoms with van der Waals surface area (Å²) in [4.78, 5) is 8.93. The molecule has 0 aliphatic carbocycles. The fourth-order valence-corrected chi connectivity index (χ4v) is 2.03. The Bertz CT molecular complexity index is 575. The molecule has 0 radical (unpaired) electrons. The minimum atomic E-state index is 0.692. The molecule has 5 nitrogen and oxygen atoms in total. The zero-order valence-corrected chi connectivity index (χ0v) is 11.5. The Morgan fingerprint density at radius 1 is 1.28 bits per heavy atom. The van der Waals surface area contributed by atoms with Crippen LogP contribution in [0.4, 0.5) is 0 Å². The third kappa shape index (κ3) is 2.08. The standard InChI is InChI=1S/C13H18N4O/c1-6-10-7-11(8(2)14-13(10)18-5)12-15-9(3)16-17(12)4/h7H,6H2,1-5H3. The maximum absolute atomic E-state index is 5.29. The molecule has 0 saturated carbocycles. The second kappa shape index (κ2) is 4.76. The number of hydrogen-bond acceptors (Lipinski definition) is 4. The molecular formula is C13H18N4O. The summed E-state index contributed by atoms with van der Waals surface area (Å²) >= 11 is 0. The fraction of sp³-hybridized carbons (Fsp3) is 0.462. The van der Waals surface area contributed by atoms with Crippen molar-refractivity contribution in [2.45, 2.75) is 27.2 Å². The Morgan fingerprint density at radius 3 is 2.50 bits per heavy atom. The lowest BCUT2D eigenvalue weighted by atomic mass is 10.1. The van der Waals surface area contributed by atoms with Crippen LogP contribution in [-0.4, -0.2) is 26.9 Å². The highest BCUT2D eigenvalue weighted by Gasteiger charge is 2.14. The van der Waals surface area contributed by atoms with Crippen LogP contribution in [0.5, 0.6) is 5.88 Å². The minimum Gasteiger partial charge on any atom is -0.481 e. The summed E-state index contributed by atoms with van der Waals surface area (Å²) in [6.07, 6.45) is 0.875. The first kappa shape index (κ1) is 12.5. The lowest BCUT2D eigenvalue weighted by Crippen LogP contribution is -2.02. The molecule has 0 atom stereocenters. The van der Waals surface area contributed by atoms with Gasteiger partial charge in [0.15, 0.2) is 5.82 Å². The van der Waals surface area contributed by atoms with Gasteiger partial charge < -0.3 is 4.74 Å². The van der Waals surface area contributed by atoms with E-state index in [9.17, 15) is 0 Å². The van der Waals surface area contributed by atoms with E-state index in [0.717, 1.165) is 34.9 Å². The molecular weight excluding hydrogens is 228 g/mol. The number of methoxy groups -OCH3 is 1. The predicted molar refractivity (Wildman–Crippen MR) is 69.6 cm³/mol. The van der Waals surface area contributed by atoms with Gasteiger partial charge in [0.25, 0.3) is 0 Å². The Balaban J connectivity index is 2.61. The average molecular weight is 246 g/mol. The second-order valence-corrected chi connectivity index (χ2v) is 4.25. The number of hydrogen-bond donors (Lipinski definition) is 0. The van der Waals surface area contributed by atoms with Crippen molar-refractivity contribution in [3.63, 3.8) is 0 Å². The molecule has 2 rings (SSSR count). The molecule has 0 aromatic carbocycles. The largest absolute Gasteiger partial charge is 0.481 e. The van der Waals surface area contributed by atoms with E-state index in [1.54, 1.807) is 11.8 Å². The molecule has 0 bridgehead atoms. The van der Waals surface area contributed by atoms with Gasteiger partial charge in [0.1, 0.15) is 5.82 Å². The molecule has 0 aliphatic heterocycles. The number of aromatic nitrogens is 4. The smallest absolute Gasteiger partial charge is 0.216 e. The fourth-order valence-electron chi connectivity index (χ4n) is 2.03. The van der Waals surface area contributed by atoms with Gasteiger partial charge in [0, 0.05) is 18.2 Å². The number of nitrogens with zero attached hydrogens (tertiary/aromatic N) is 4. The highest BCUT2D eigenvalue weighted by Crippen LogP contribution is 2.26. The highest BCUT2D eigenvalue weighted by molar-refractivity contribution is 5.60. The molecule has 2 heterocycles. The average Bonchev–Trinajstić information content (AvgIpc) is 2.68. The SMILES string of the molecule is CCc1cc(-c2nc(C)nn2C)c(C)nc1OC. The third-order valence-electron chi connectivity index (χ3n) is 2.94. The van der Waals surface area contributed by atoms with Crippen LogP contribution in [0.1, 0.15) is 24.0 Å². The van der Waals surface area contributed by atoms with E-state index in [2.05, 4.69) is 28.1 Å². The zero-order valence-electron chi connectivity index (χ0n) is 11.5. The Kier molecular flexibility index (Phi) is 3.32. The monoisotopic (exact) mass is 246 g/mol.